The second-order valence-corrected chi connectivity index (χ2v) is 8.52. The van der Waals surface area contributed by atoms with E-state index in [0.717, 1.165) is 49.2 Å². The first kappa shape index (κ1) is 20.0. The van der Waals surface area contributed by atoms with Crippen LogP contribution in [-0.4, -0.2) is 28.0 Å². The molecule has 1 saturated carbocycles. The fraction of sp³-hybridized carbons (Fsp3) is 0.364. The van der Waals surface area contributed by atoms with Gasteiger partial charge in [-0.3, -0.25) is 4.79 Å². The van der Waals surface area contributed by atoms with E-state index >= 15 is 0 Å². The van der Waals surface area contributed by atoms with Crippen LogP contribution in [0.5, 0.6) is 0 Å². The summed E-state index contributed by atoms with van der Waals surface area (Å²) >= 11 is 12.1. The Hall–Kier alpha value is -2.24. The third-order valence-corrected chi connectivity index (χ3v) is 6.26. The van der Waals surface area contributed by atoms with E-state index in [1.54, 1.807) is 18.2 Å². The molecule has 1 aliphatic rings. The molecule has 1 heterocycles. The van der Waals surface area contributed by atoms with Crippen LogP contribution < -0.4 is 10.6 Å². The van der Waals surface area contributed by atoms with Gasteiger partial charge in [-0.15, -0.1) is 0 Å². The fourth-order valence-electron chi connectivity index (χ4n) is 3.98. The molecule has 3 aromatic rings. The molecule has 0 spiro atoms. The number of halogens is 2. The largest absolute Gasteiger partial charge is 0.355 e. The second kappa shape index (κ2) is 8.64. The molecule has 7 heteroatoms. The first-order valence-corrected chi connectivity index (χ1v) is 10.7. The summed E-state index contributed by atoms with van der Waals surface area (Å²) in [5.41, 5.74) is 2.56. The maximum absolute atomic E-state index is 12.5. The van der Waals surface area contributed by atoms with Crippen molar-refractivity contribution in [2.24, 2.45) is 13.0 Å². The van der Waals surface area contributed by atoms with E-state index in [2.05, 4.69) is 26.3 Å². The minimum Gasteiger partial charge on any atom is -0.355 e. The number of para-hydroxylation sites is 2. The van der Waals surface area contributed by atoms with Gasteiger partial charge < -0.3 is 15.2 Å². The summed E-state index contributed by atoms with van der Waals surface area (Å²) in [6.45, 7) is 0.887. The molecule has 4 rings (SSSR count). The van der Waals surface area contributed by atoms with E-state index in [4.69, 9.17) is 23.2 Å². The van der Waals surface area contributed by atoms with Crippen LogP contribution in [0.15, 0.2) is 42.5 Å². The molecular weight excluding hydrogens is 407 g/mol. The van der Waals surface area contributed by atoms with Crippen LogP contribution in [0.2, 0.25) is 10.0 Å². The lowest BCUT2D eigenvalue weighted by Gasteiger charge is -2.29. The molecule has 2 aromatic carbocycles. The highest BCUT2D eigenvalue weighted by atomic mass is 35.5. The van der Waals surface area contributed by atoms with Gasteiger partial charge in [-0.2, -0.15) is 0 Å². The van der Waals surface area contributed by atoms with Gasteiger partial charge in [-0.1, -0.05) is 35.3 Å². The van der Waals surface area contributed by atoms with Crippen LogP contribution >= 0.6 is 23.2 Å². The molecule has 0 aliphatic heterocycles. The van der Waals surface area contributed by atoms with Crippen LogP contribution in [0.1, 0.15) is 36.0 Å². The number of aromatic nitrogens is 2. The summed E-state index contributed by atoms with van der Waals surface area (Å²) < 4.78 is 2.09. The number of imidazole rings is 1. The lowest BCUT2D eigenvalue weighted by atomic mass is 9.86. The number of aryl methyl sites for hydroxylation is 1. The number of rotatable bonds is 5. The van der Waals surface area contributed by atoms with Crippen LogP contribution in [0, 0.1) is 5.92 Å². The Kier molecular flexibility index (Phi) is 5.97. The van der Waals surface area contributed by atoms with E-state index < -0.39 is 0 Å². The smallest absolute Gasteiger partial charge is 0.253 e. The maximum atomic E-state index is 12.5. The number of hydrogen-bond donors (Lipinski definition) is 2. The molecular formula is C22H24Cl2N4O. The number of carbonyl (C=O) groups excluding carboxylic acids is 1. The van der Waals surface area contributed by atoms with Crippen molar-refractivity contribution in [3.05, 3.63) is 58.1 Å². The second-order valence-electron chi connectivity index (χ2n) is 7.68. The van der Waals surface area contributed by atoms with Gasteiger partial charge in [0.15, 0.2) is 0 Å². The molecule has 5 nitrogen and oxygen atoms in total. The molecule has 152 valence electrons. The molecule has 0 radical (unpaired) electrons. The Morgan fingerprint density at radius 2 is 1.90 bits per heavy atom. The number of hydrogen-bond acceptors (Lipinski definition) is 3. The number of nitrogens with one attached hydrogen (secondary N) is 2. The van der Waals surface area contributed by atoms with E-state index in [9.17, 15) is 4.79 Å². The molecule has 0 saturated heterocycles. The van der Waals surface area contributed by atoms with Crippen LogP contribution in [0.3, 0.4) is 0 Å². The van der Waals surface area contributed by atoms with Crippen LogP contribution in [0.4, 0.5) is 5.95 Å². The number of benzene rings is 2. The van der Waals surface area contributed by atoms with Gasteiger partial charge in [0.2, 0.25) is 5.95 Å². The average molecular weight is 431 g/mol. The number of nitrogens with zero attached hydrogens (tertiary/aromatic N) is 2. The summed E-state index contributed by atoms with van der Waals surface area (Å²) in [6, 6.07) is 13.3. The Balaban J connectivity index is 1.28. The SMILES string of the molecule is Cn1c(NCC2CCC(NC(=O)c3cc(Cl)ccc3Cl)CC2)nc2ccccc21. The molecule has 1 amide bonds. The Labute approximate surface area is 180 Å². The van der Waals surface area contributed by atoms with E-state index in [-0.39, 0.29) is 11.9 Å². The molecule has 1 aromatic heterocycles. The zero-order valence-corrected chi connectivity index (χ0v) is 17.8. The number of amides is 1. The number of carbonyl (C=O) groups is 1. The van der Waals surface area contributed by atoms with Crippen molar-refractivity contribution in [2.75, 3.05) is 11.9 Å². The predicted molar refractivity (Wildman–Crippen MR) is 119 cm³/mol. The van der Waals surface area contributed by atoms with Crippen molar-refractivity contribution in [3.63, 3.8) is 0 Å². The van der Waals surface area contributed by atoms with Crippen molar-refractivity contribution < 1.29 is 4.79 Å². The number of fused-ring (bicyclic) bond motifs is 1. The van der Waals surface area contributed by atoms with Crippen LogP contribution in [-0.2, 0) is 7.05 Å². The third-order valence-electron chi connectivity index (χ3n) is 5.69. The van der Waals surface area contributed by atoms with Crippen molar-refractivity contribution in [3.8, 4) is 0 Å². The normalized spacial score (nSPS) is 19.3. The van der Waals surface area contributed by atoms with Crippen molar-refractivity contribution in [1.29, 1.82) is 0 Å². The Bertz CT molecular complexity index is 1020. The molecule has 2 N–H and O–H groups in total. The summed E-state index contributed by atoms with van der Waals surface area (Å²) in [4.78, 5) is 17.2. The van der Waals surface area contributed by atoms with E-state index in [1.165, 1.54) is 0 Å². The molecule has 0 unspecified atom stereocenters. The van der Waals surface area contributed by atoms with Gasteiger partial charge in [0.05, 0.1) is 21.6 Å². The first-order valence-electron chi connectivity index (χ1n) is 9.92. The summed E-state index contributed by atoms with van der Waals surface area (Å²) in [6.07, 6.45) is 4.04. The van der Waals surface area contributed by atoms with Crippen molar-refractivity contribution >= 4 is 46.1 Å². The Morgan fingerprint density at radius 3 is 2.66 bits per heavy atom. The van der Waals surface area contributed by atoms with Gasteiger partial charge in [0.25, 0.3) is 5.91 Å². The highest BCUT2D eigenvalue weighted by Gasteiger charge is 2.24. The zero-order valence-electron chi connectivity index (χ0n) is 16.3. The predicted octanol–water partition coefficient (Wildman–Crippen LogP) is 5.28. The first-order chi connectivity index (χ1) is 14.0. The van der Waals surface area contributed by atoms with Gasteiger partial charge in [-0.05, 0) is 61.9 Å². The number of anilines is 1. The summed E-state index contributed by atoms with van der Waals surface area (Å²) in [5.74, 6) is 1.31. The molecule has 1 aliphatic carbocycles. The zero-order chi connectivity index (χ0) is 20.4. The van der Waals surface area contributed by atoms with Gasteiger partial charge in [0.1, 0.15) is 0 Å². The highest BCUT2D eigenvalue weighted by molar-refractivity contribution is 6.35. The highest BCUT2D eigenvalue weighted by Crippen LogP contribution is 2.27. The van der Waals surface area contributed by atoms with Crippen molar-refractivity contribution in [2.45, 2.75) is 31.7 Å². The average Bonchev–Trinajstić information content (AvgIpc) is 3.05. The molecule has 0 bridgehead atoms. The standard InChI is InChI=1S/C22H24Cl2N4O/c1-28-20-5-3-2-4-19(20)27-22(28)25-13-14-6-9-16(10-7-14)26-21(29)17-12-15(23)8-11-18(17)24/h2-5,8,11-12,14,16H,6-7,9-10,13H2,1H3,(H,25,27)(H,26,29). The van der Waals surface area contributed by atoms with Gasteiger partial charge in [-0.25, -0.2) is 4.98 Å². The summed E-state index contributed by atoms with van der Waals surface area (Å²) in [5, 5.41) is 7.54. The summed E-state index contributed by atoms with van der Waals surface area (Å²) in [7, 11) is 2.03. The monoisotopic (exact) mass is 430 g/mol. The van der Waals surface area contributed by atoms with Crippen molar-refractivity contribution in [1.82, 2.24) is 14.9 Å². The quantitative estimate of drug-likeness (QED) is 0.578. The third kappa shape index (κ3) is 4.51. The van der Waals surface area contributed by atoms with E-state index in [0.29, 0.717) is 21.5 Å². The molecule has 0 atom stereocenters. The molecule has 1 fully saturated rings. The lowest BCUT2D eigenvalue weighted by Crippen LogP contribution is -2.38. The minimum atomic E-state index is -0.154. The topological polar surface area (TPSA) is 59.0 Å². The molecule has 29 heavy (non-hydrogen) atoms. The van der Waals surface area contributed by atoms with Gasteiger partial charge >= 0.3 is 0 Å². The van der Waals surface area contributed by atoms with Crippen LogP contribution in [0.25, 0.3) is 11.0 Å². The van der Waals surface area contributed by atoms with E-state index in [1.807, 2.05) is 25.2 Å². The maximum Gasteiger partial charge on any atom is 0.253 e. The Morgan fingerprint density at radius 1 is 1.14 bits per heavy atom. The fourth-order valence-corrected chi connectivity index (χ4v) is 4.36. The van der Waals surface area contributed by atoms with Gasteiger partial charge in [0, 0.05) is 24.7 Å². The lowest BCUT2D eigenvalue weighted by molar-refractivity contribution is 0.0923. The minimum absolute atomic E-state index is 0.154.